The van der Waals surface area contributed by atoms with E-state index in [9.17, 15) is 13.6 Å². The SMILES string of the molecule is COc1ccc(-c2nc(Nc3ccc(F)c(F)c3)[nH]c(=O)c2C)cc1. The van der Waals surface area contributed by atoms with Gasteiger partial charge in [-0.3, -0.25) is 9.78 Å². The summed E-state index contributed by atoms with van der Waals surface area (Å²) >= 11 is 0. The van der Waals surface area contributed by atoms with Crippen LogP contribution in [-0.4, -0.2) is 17.1 Å². The third kappa shape index (κ3) is 3.50. The lowest BCUT2D eigenvalue weighted by molar-refractivity contribution is 0.415. The number of hydrogen-bond donors (Lipinski definition) is 2. The highest BCUT2D eigenvalue weighted by Gasteiger charge is 2.11. The van der Waals surface area contributed by atoms with Gasteiger partial charge in [0.1, 0.15) is 5.75 Å². The van der Waals surface area contributed by atoms with Crippen LogP contribution in [0.25, 0.3) is 11.3 Å². The number of nitrogens with zero attached hydrogens (tertiary/aromatic N) is 1. The van der Waals surface area contributed by atoms with Gasteiger partial charge in [-0.2, -0.15) is 0 Å². The molecule has 2 N–H and O–H groups in total. The van der Waals surface area contributed by atoms with Gasteiger partial charge in [-0.25, -0.2) is 13.8 Å². The van der Waals surface area contributed by atoms with Crippen LogP contribution < -0.4 is 15.6 Å². The van der Waals surface area contributed by atoms with E-state index in [-0.39, 0.29) is 17.2 Å². The topological polar surface area (TPSA) is 67.0 Å². The Balaban J connectivity index is 1.99. The number of aromatic nitrogens is 2. The lowest BCUT2D eigenvalue weighted by Crippen LogP contribution is -2.15. The molecule has 0 atom stereocenters. The Labute approximate surface area is 142 Å². The van der Waals surface area contributed by atoms with Gasteiger partial charge in [0.2, 0.25) is 5.95 Å². The molecule has 0 saturated heterocycles. The molecule has 0 aliphatic rings. The fraction of sp³-hybridized carbons (Fsp3) is 0.111. The molecule has 3 rings (SSSR count). The number of hydrogen-bond acceptors (Lipinski definition) is 4. The molecule has 128 valence electrons. The summed E-state index contributed by atoms with van der Waals surface area (Å²) in [6.07, 6.45) is 0. The Hall–Kier alpha value is -3.22. The van der Waals surface area contributed by atoms with Gasteiger partial charge in [0.25, 0.3) is 5.56 Å². The molecule has 7 heteroatoms. The Bertz CT molecular complexity index is 969. The second-order valence-electron chi connectivity index (χ2n) is 5.37. The number of anilines is 2. The molecule has 25 heavy (non-hydrogen) atoms. The van der Waals surface area contributed by atoms with Crippen LogP contribution in [0, 0.1) is 18.6 Å². The normalized spacial score (nSPS) is 10.6. The lowest BCUT2D eigenvalue weighted by atomic mass is 10.1. The number of rotatable bonds is 4. The van der Waals surface area contributed by atoms with Gasteiger partial charge in [-0.05, 0) is 43.3 Å². The molecule has 0 amide bonds. The number of H-pyrrole nitrogens is 1. The van der Waals surface area contributed by atoms with Crippen LogP contribution in [0.2, 0.25) is 0 Å². The summed E-state index contributed by atoms with van der Waals surface area (Å²) in [6.45, 7) is 1.66. The Morgan fingerprint density at radius 1 is 1.08 bits per heavy atom. The second kappa shape index (κ2) is 6.72. The van der Waals surface area contributed by atoms with Gasteiger partial charge in [0.15, 0.2) is 11.6 Å². The Morgan fingerprint density at radius 2 is 1.80 bits per heavy atom. The molecule has 3 aromatic rings. The molecule has 0 saturated carbocycles. The summed E-state index contributed by atoms with van der Waals surface area (Å²) in [5.41, 5.74) is 1.60. The van der Waals surface area contributed by atoms with Crippen LogP contribution in [0.4, 0.5) is 20.4 Å². The van der Waals surface area contributed by atoms with Gasteiger partial charge in [-0.15, -0.1) is 0 Å². The summed E-state index contributed by atoms with van der Waals surface area (Å²) in [5, 5.41) is 2.77. The molecule has 0 aliphatic heterocycles. The molecular weight excluding hydrogens is 328 g/mol. The first-order valence-electron chi connectivity index (χ1n) is 7.45. The molecule has 1 heterocycles. The average Bonchev–Trinajstić information content (AvgIpc) is 2.61. The predicted molar refractivity (Wildman–Crippen MR) is 91.2 cm³/mol. The van der Waals surface area contributed by atoms with E-state index in [1.165, 1.54) is 6.07 Å². The smallest absolute Gasteiger partial charge is 0.255 e. The van der Waals surface area contributed by atoms with Crippen molar-refractivity contribution in [3.05, 3.63) is 70.0 Å². The molecule has 2 aromatic carbocycles. The standard InChI is InChI=1S/C18H15F2N3O2/c1-10-16(11-3-6-13(25-2)7-4-11)22-18(23-17(10)24)21-12-5-8-14(19)15(20)9-12/h3-9H,1-2H3,(H2,21,22,23,24). The number of ether oxygens (including phenoxy) is 1. The highest BCUT2D eigenvalue weighted by Crippen LogP contribution is 2.24. The van der Waals surface area contributed by atoms with E-state index in [1.807, 2.05) is 0 Å². The average molecular weight is 343 g/mol. The minimum Gasteiger partial charge on any atom is -0.497 e. The van der Waals surface area contributed by atoms with Crippen LogP contribution in [0.3, 0.4) is 0 Å². The molecule has 0 bridgehead atoms. The van der Waals surface area contributed by atoms with E-state index in [4.69, 9.17) is 4.74 Å². The van der Waals surface area contributed by atoms with Crippen molar-refractivity contribution in [1.29, 1.82) is 0 Å². The molecule has 0 radical (unpaired) electrons. The molecule has 5 nitrogen and oxygen atoms in total. The van der Waals surface area contributed by atoms with Gasteiger partial charge in [0.05, 0.1) is 12.8 Å². The zero-order valence-corrected chi connectivity index (χ0v) is 13.6. The first-order valence-corrected chi connectivity index (χ1v) is 7.45. The maximum atomic E-state index is 13.3. The van der Waals surface area contributed by atoms with Gasteiger partial charge < -0.3 is 10.1 Å². The zero-order valence-electron chi connectivity index (χ0n) is 13.6. The third-order valence-electron chi connectivity index (χ3n) is 3.70. The molecule has 1 aromatic heterocycles. The van der Waals surface area contributed by atoms with Crippen LogP contribution in [0.15, 0.2) is 47.3 Å². The predicted octanol–water partition coefficient (Wildman–Crippen LogP) is 3.78. The second-order valence-corrected chi connectivity index (χ2v) is 5.37. The van der Waals surface area contributed by atoms with E-state index in [2.05, 4.69) is 15.3 Å². The van der Waals surface area contributed by atoms with E-state index in [1.54, 1.807) is 38.3 Å². The quantitative estimate of drug-likeness (QED) is 0.757. The maximum absolute atomic E-state index is 13.3. The van der Waals surface area contributed by atoms with E-state index >= 15 is 0 Å². The molecule has 0 fully saturated rings. The number of nitrogens with one attached hydrogen (secondary N) is 2. The summed E-state index contributed by atoms with van der Waals surface area (Å²) in [4.78, 5) is 19.1. The van der Waals surface area contributed by atoms with Crippen molar-refractivity contribution < 1.29 is 13.5 Å². The van der Waals surface area contributed by atoms with Crippen molar-refractivity contribution in [2.24, 2.45) is 0 Å². The van der Waals surface area contributed by atoms with Crippen molar-refractivity contribution >= 4 is 11.6 Å². The third-order valence-corrected chi connectivity index (χ3v) is 3.70. The summed E-state index contributed by atoms with van der Waals surface area (Å²) < 4.78 is 31.5. The molecule has 0 spiro atoms. The molecule has 0 unspecified atom stereocenters. The molecular formula is C18H15F2N3O2. The van der Waals surface area contributed by atoms with Gasteiger partial charge in [0, 0.05) is 22.9 Å². The largest absolute Gasteiger partial charge is 0.497 e. The first-order chi connectivity index (χ1) is 12.0. The Morgan fingerprint density at radius 3 is 2.44 bits per heavy atom. The van der Waals surface area contributed by atoms with Crippen molar-refractivity contribution in [2.45, 2.75) is 6.92 Å². The monoisotopic (exact) mass is 343 g/mol. The fourth-order valence-electron chi connectivity index (χ4n) is 2.33. The van der Waals surface area contributed by atoms with Crippen LogP contribution in [-0.2, 0) is 0 Å². The van der Waals surface area contributed by atoms with E-state index in [0.29, 0.717) is 17.0 Å². The highest BCUT2D eigenvalue weighted by atomic mass is 19.2. The van der Waals surface area contributed by atoms with Crippen molar-refractivity contribution in [1.82, 2.24) is 9.97 Å². The summed E-state index contributed by atoms with van der Waals surface area (Å²) in [7, 11) is 1.57. The minimum absolute atomic E-state index is 0.132. The van der Waals surface area contributed by atoms with Crippen molar-refractivity contribution in [2.75, 3.05) is 12.4 Å². The summed E-state index contributed by atoms with van der Waals surface area (Å²) in [5.74, 6) is -1.12. The van der Waals surface area contributed by atoms with Gasteiger partial charge in [-0.1, -0.05) is 0 Å². The molecule has 0 aliphatic carbocycles. The number of methoxy groups -OCH3 is 1. The van der Waals surface area contributed by atoms with Gasteiger partial charge >= 0.3 is 0 Å². The van der Waals surface area contributed by atoms with Crippen molar-refractivity contribution in [3.63, 3.8) is 0 Å². The van der Waals surface area contributed by atoms with Crippen LogP contribution in [0.1, 0.15) is 5.56 Å². The fourth-order valence-corrected chi connectivity index (χ4v) is 2.33. The maximum Gasteiger partial charge on any atom is 0.255 e. The highest BCUT2D eigenvalue weighted by molar-refractivity contribution is 5.65. The number of halogens is 2. The lowest BCUT2D eigenvalue weighted by Gasteiger charge is -2.10. The summed E-state index contributed by atoms with van der Waals surface area (Å²) in [6, 6.07) is 10.4. The number of benzene rings is 2. The van der Waals surface area contributed by atoms with Crippen LogP contribution in [0.5, 0.6) is 5.75 Å². The van der Waals surface area contributed by atoms with Crippen molar-refractivity contribution in [3.8, 4) is 17.0 Å². The first kappa shape index (κ1) is 16.6. The van der Waals surface area contributed by atoms with E-state index in [0.717, 1.165) is 17.7 Å². The zero-order chi connectivity index (χ0) is 18.0. The number of aromatic amines is 1. The van der Waals surface area contributed by atoms with E-state index < -0.39 is 11.6 Å². The van der Waals surface area contributed by atoms with Crippen LogP contribution >= 0.6 is 0 Å². The Kier molecular flexibility index (Phi) is 4.47. The minimum atomic E-state index is -0.991.